The van der Waals surface area contributed by atoms with E-state index in [0.717, 1.165) is 22.8 Å². The summed E-state index contributed by atoms with van der Waals surface area (Å²) in [6.45, 7) is 3.98. The third-order valence-electron chi connectivity index (χ3n) is 6.02. The average molecular weight is 462 g/mol. The number of carbonyl (C=O) groups is 1. The van der Waals surface area contributed by atoms with E-state index in [1.807, 2.05) is 47.4 Å². The number of rotatable bonds is 2. The van der Waals surface area contributed by atoms with Gasteiger partial charge in [0.1, 0.15) is 23.0 Å². The number of piperazine rings is 1. The molecule has 3 aromatic carbocycles. The number of hydrogen-bond acceptors (Lipinski definition) is 5. The molecule has 5 rings (SSSR count). The normalized spacial score (nSPS) is 17.3. The second-order valence-electron chi connectivity index (χ2n) is 8.17. The maximum Gasteiger partial charge on any atom is 0.254 e. The highest BCUT2D eigenvalue weighted by atomic mass is 35.5. The highest BCUT2D eigenvalue weighted by molar-refractivity contribution is 6.30. The molecule has 1 unspecified atom stereocenters. The number of methoxy groups -OCH3 is 1. The van der Waals surface area contributed by atoms with Crippen LogP contribution in [0.15, 0.2) is 71.7 Å². The molecule has 0 spiro atoms. The average Bonchev–Trinajstić information content (AvgIpc) is 3.00. The fourth-order valence-electron chi connectivity index (χ4n) is 4.28. The molecule has 0 aliphatic carbocycles. The van der Waals surface area contributed by atoms with E-state index in [1.165, 1.54) is 0 Å². The van der Waals surface area contributed by atoms with Crippen LogP contribution in [0.1, 0.15) is 22.8 Å². The van der Waals surface area contributed by atoms with Crippen molar-refractivity contribution in [2.24, 2.45) is 4.99 Å². The predicted octanol–water partition coefficient (Wildman–Crippen LogP) is 5.38. The first-order chi connectivity index (χ1) is 16.0. The molecule has 2 aliphatic rings. The number of ether oxygens (including phenoxy) is 2. The number of amidine groups is 1. The Morgan fingerprint density at radius 2 is 1.85 bits per heavy atom. The second kappa shape index (κ2) is 8.79. The lowest BCUT2D eigenvalue weighted by Crippen LogP contribution is -2.55. The van der Waals surface area contributed by atoms with Crippen molar-refractivity contribution in [2.75, 3.05) is 26.7 Å². The Labute approximate surface area is 198 Å². The van der Waals surface area contributed by atoms with Crippen LogP contribution in [0, 0.1) is 0 Å². The van der Waals surface area contributed by atoms with E-state index in [9.17, 15) is 4.79 Å². The van der Waals surface area contributed by atoms with E-state index < -0.39 is 0 Å². The van der Waals surface area contributed by atoms with Crippen LogP contribution in [-0.4, -0.2) is 54.3 Å². The predicted molar refractivity (Wildman–Crippen MR) is 129 cm³/mol. The molecule has 2 heterocycles. The number of halogens is 1. The van der Waals surface area contributed by atoms with Crippen LogP contribution in [-0.2, 0) is 0 Å². The molecule has 0 aromatic heterocycles. The van der Waals surface area contributed by atoms with Gasteiger partial charge in [0.2, 0.25) is 0 Å². The second-order valence-corrected chi connectivity index (χ2v) is 8.60. The fourth-order valence-corrected chi connectivity index (χ4v) is 4.40. The van der Waals surface area contributed by atoms with E-state index in [0.29, 0.717) is 41.7 Å². The molecular weight excluding hydrogens is 438 g/mol. The number of fused-ring (bicyclic) bond motifs is 2. The lowest BCUT2D eigenvalue weighted by Gasteiger charge is -2.41. The zero-order valence-corrected chi connectivity index (χ0v) is 19.2. The Balaban J connectivity index is 1.45. The first-order valence-corrected chi connectivity index (χ1v) is 11.3. The zero-order valence-electron chi connectivity index (χ0n) is 18.5. The summed E-state index contributed by atoms with van der Waals surface area (Å²) in [5, 5.41) is 0.619. The highest BCUT2D eigenvalue weighted by Crippen LogP contribution is 2.39. The van der Waals surface area contributed by atoms with Crippen molar-refractivity contribution in [3.63, 3.8) is 0 Å². The van der Waals surface area contributed by atoms with E-state index in [-0.39, 0.29) is 11.9 Å². The molecule has 1 atom stereocenters. The van der Waals surface area contributed by atoms with Crippen LogP contribution in [0.25, 0.3) is 0 Å². The molecule has 0 bridgehead atoms. The third-order valence-corrected chi connectivity index (χ3v) is 6.27. The van der Waals surface area contributed by atoms with Gasteiger partial charge in [-0.15, -0.1) is 0 Å². The van der Waals surface area contributed by atoms with Gasteiger partial charge in [-0.05, 0) is 55.5 Å². The maximum absolute atomic E-state index is 13.1. The molecular formula is C26H24ClN3O3. The molecule has 6 nitrogen and oxygen atoms in total. The van der Waals surface area contributed by atoms with Crippen molar-refractivity contribution in [1.82, 2.24) is 9.80 Å². The number of carbonyl (C=O) groups excluding carboxylic acids is 1. The molecule has 1 saturated heterocycles. The van der Waals surface area contributed by atoms with E-state index >= 15 is 0 Å². The summed E-state index contributed by atoms with van der Waals surface area (Å²) in [4.78, 5) is 22.2. The van der Waals surface area contributed by atoms with Crippen LogP contribution < -0.4 is 9.47 Å². The molecule has 2 aliphatic heterocycles. The molecule has 1 amide bonds. The molecule has 3 aromatic rings. The van der Waals surface area contributed by atoms with Crippen molar-refractivity contribution < 1.29 is 14.3 Å². The van der Waals surface area contributed by atoms with Crippen LogP contribution in [0.3, 0.4) is 0 Å². The molecule has 33 heavy (non-hydrogen) atoms. The van der Waals surface area contributed by atoms with Crippen molar-refractivity contribution in [3.8, 4) is 17.2 Å². The molecule has 0 N–H and O–H groups in total. The fraction of sp³-hybridized carbons (Fsp3) is 0.231. The minimum atomic E-state index is 0.00532. The van der Waals surface area contributed by atoms with Gasteiger partial charge in [0, 0.05) is 42.3 Å². The minimum Gasteiger partial charge on any atom is -0.497 e. The van der Waals surface area contributed by atoms with Gasteiger partial charge >= 0.3 is 0 Å². The number of benzene rings is 3. The summed E-state index contributed by atoms with van der Waals surface area (Å²) in [5.41, 5.74) is 2.32. The Bertz CT molecular complexity index is 1230. The van der Waals surface area contributed by atoms with Gasteiger partial charge < -0.3 is 19.3 Å². The number of hydrogen-bond donors (Lipinski definition) is 0. The van der Waals surface area contributed by atoms with Crippen LogP contribution in [0.2, 0.25) is 5.02 Å². The van der Waals surface area contributed by atoms with Crippen LogP contribution in [0.4, 0.5) is 5.69 Å². The lowest BCUT2D eigenvalue weighted by molar-refractivity contribution is 0.0581. The van der Waals surface area contributed by atoms with E-state index in [2.05, 4.69) is 11.8 Å². The third kappa shape index (κ3) is 4.14. The number of nitrogens with zero attached hydrogens (tertiary/aromatic N) is 3. The van der Waals surface area contributed by atoms with Crippen LogP contribution >= 0.6 is 11.6 Å². The number of para-hydroxylation sites is 2. The van der Waals surface area contributed by atoms with Crippen molar-refractivity contribution >= 4 is 29.0 Å². The van der Waals surface area contributed by atoms with Gasteiger partial charge in [0.25, 0.3) is 5.91 Å². The number of amides is 1. The molecule has 1 fully saturated rings. The zero-order chi connectivity index (χ0) is 22.9. The van der Waals surface area contributed by atoms with Gasteiger partial charge in [0.05, 0.1) is 12.7 Å². The van der Waals surface area contributed by atoms with Crippen molar-refractivity contribution in [3.05, 3.63) is 82.9 Å². The Morgan fingerprint density at radius 1 is 1.06 bits per heavy atom. The summed E-state index contributed by atoms with van der Waals surface area (Å²) in [7, 11) is 1.64. The summed E-state index contributed by atoms with van der Waals surface area (Å²) >= 11 is 5.98. The summed E-state index contributed by atoms with van der Waals surface area (Å²) < 4.78 is 11.6. The molecule has 0 saturated carbocycles. The first-order valence-electron chi connectivity index (χ1n) is 10.9. The molecule has 7 heteroatoms. The summed E-state index contributed by atoms with van der Waals surface area (Å²) in [6, 6.07) is 20.6. The van der Waals surface area contributed by atoms with E-state index in [1.54, 1.807) is 31.4 Å². The van der Waals surface area contributed by atoms with Gasteiger partial charge in [-0.1, -0.05) is 23.7 Å². The quantitative estimate of drug-likeness (QED) is 0.514. The van der Waals surface area contributed by atoms with Gasteiger partial charge in [0.15, 0.2) is 5.75 Å². The lowest BCUT2D eigenvalue weighted by atomic mass is 10.1. The maximum atomic E-state index is 13.1. The van der Waals surface area contributed by atoms with Gasteiger partial charge in [-0.25, -0.2) is 4.99 Å². The smallest absolute Gasteiger partial charge is 0.254 e. The Kier molecular flexibility index (Phi) is 5.68. The van der Waals surface area contributed by atoms with Crippen LogP contribution in [0.5, 0.6) is 17.2 Å². The SMILES string of the molecule is COc1ccc2c(c1)Oc1ccccc1N=C2N1CCN(C(=O)c2ccc(Cl)cc2)C(C)C1. The van der Waals surface area contributed by atoms with Crippen molar-refractivity contribution in [2.45, 2.75) is 13.0 Å². The van der Waals surface area contributed by atoms with Crippen molar-refractivity contribution in [1.29, 1.82) is 0 Å². The van der Waals surface area contributed by atoms with Gasteiger partial charge in [-0.3, -0.25) is 4.79 Å². The Hall–Kier alpha value is -3.51. The number of aliphatic imine (C=N–C) groups is 1. The first kappa shape index (κ1) is 21.3. The monoisotopic (exact) mass is 461 g/mol. The summed E-state index contributed by atoms with van der Waals surface area (Å²) in [5.74, 6) is 2.97. The van der Waals surface area contributed by atoms with E-state index in [4.69, 9.17) is 26.1 Å². The topological polar surface area (TPSA) is 54.4 Å². The summed E-state index contributed by atoms with van der Waals surface area (Å²) in [6.07, 6.45) is 0. The minimum absolute atomic E-state index is 0.00532. The highest BCUT2D eigenvalue weighted by Gasteiger charge is 2.32. The van der Waals surface area contributed by atoms with Gasteiger partial charge in [-0.2, -0.15) is 0 Å². The molecule has 0 radical (unpaired) electrons. The largest absolute Gasteiger partial charge is 0.497 e. The Morgan fingerprint density at radius 3 is 2.61 bits per heavy atom. The standard InChI is InChI=1S/C26H24ClN3O3/c1-17-16-29(13-14-30(17)26(31)18-7-9-19(27)10-8-18)25-21-12-11-20(32-2)15-24(21)33-23-6-4-3-5-22(23)28-25/h3-12,15,17H,13-14,16H2,1-2H3. The molecule has 168 valence electrons.